The number of hydrogen-bond acceptors (Lipinski definition) is 3. The zero-order valence-corrected chi connectivity index (χ0v) is 7.35. The normalized spacial score (nSPS) is 12.3. The summed E-state index contributed by atoms with van der Waals surface area (Å²) >= 11 is 5.38. The fourth-order valence-electron chi connectivity index (χ4n) is 0.524. The average molecular weight is 179 g/mol. The lowest BCUT2D eigenvalue weighted by molar-refractivity contribution is -0.160. The molecule has 0 aromatic heterocycles. The molecule has 0 aliphatic heterocycles. The Morgan fingerprint density at radius 1 is 1.55 bits per heavy atom. The first-order valence-electron chi connectivity index (χ1n) is 3.36. The summed E-state index contributed by atoms with van der Waals surface area (Å²) in [5.41, 5.74) is 0. The highest BCUT2D eigenvalue weighted by Crippen LogP contribution is 2.05. The highest BCUT2D eigenvalue weighted by molar-refractivity contribution is 6.17. The quantitative estimate of drug-likeness (QED) is 0.372. The second-order valence-electron chi connectivity index (χ2n) is 2.29. The number of rotatable bonds is 3. The third-order valence-corrected chi connectivity index (χ3v) is 1.41. The van der Waals surface area contributed by atoms with E-state index in [9.17, 15) is 9.59 Å². The molecule has 4 heteroatoms. The van der Waals surface area contributed by atoms with Gasteiger partial charge >= 0.3 is 11.9 Å². The first-order chi connectivity index (χ1) is 5.07. The first-order valence-corrected chi connectivity index (χ1v) is 3.89. The average Bonchev–Trinajstić information content (AvgIpc) is 1.86. The van der Waals surface area contributed by atoms with Gasteiger partial charge in [0, 0.05) is 12.8 Å². The predicted molar refractivity (Wildman–Crippen MR) is 41.3 cm³/mol. The Morgan fingerprint density at radius 2 is 2.09 bits per heavy atom. The van der Waals surface area contributed by atoms with Gasteiger partial charge < -0.3 is 4.74 Å². The Kier molecular flexibility index (Phi) is 4.86. The van der Waals surface area contributed by atoms with Crippen molar-refractivity contribution in [2.24, 2.45) is 5.92 Å². The van der Waals surface area contributed by atoms with Gasteiger partial charge in [0.1, 0.15) is 0 Å². The fraction of sp³-hybridized carbons (Fsp3) is 0.714. The van der Waals surface area contributed by atoms with Gasteiger partial charge in [-0.1, -0.05) is 6.92 Å². The van der Waals surface area contributed by atoms with Crippen LogP contribution in [-0.4, -0.2) is 17.8 Å². The molecule has 0 radical (unpaired) electrons. The summed E-state index contributed by atoms with van der Waals surface area (Å²) < 4.78 is 4.33. The van der Waals surface area contributed by atoms with Crippen molar-refractivity contribution in [1.29, 1.82) is 0 Å². The van der Waals surface area contributed by atoms with Crippen LogP contribution in [0, 0.1) is 5.92 Å². The molecule has 0 heterocycles. The Hall–Kier alpha value is -0.570. The standard InChI is InChI=1S/C7H11ClO3/c1-5(3-4-8)7(10)11-6(2)9/h5H,3-4H2,1-2H3. The second-order valence-corrected chi connectivity index (χ2v) is 2.67. The fourth-order valence-corrected chi connectivity index (χ4v) is 0.851. The van der Waals surface area contributed by atoms with Gasteiger partial charge in [-0.15, -0.1) is 11.6 Å². The highest BCUT2D eigenvalue weighted by atomic mass is 35.5. The molecule has 0 N–H and O–H groups in total. The van der Waals surface area contributed by atoms with E-state index in [0.29, 0.717) is 12.3 Å². The van der Waals surface area contributed by atoms with E-state index >= 15 is 0 Å². The van der Waals surface area contributed by atoms with Gasteiger partial charge in [0.05, 0.1) is 5.92 Å². The lowest BCUT2D eigenvalue weighted by Crippen LogP contribution is -2.17. The van der Waals surface area contributed by atoms with E-state index in [-0.39, 0.29) is 5.92 Å². The molecule has 0 aliphatic rings. The van der Waals surface area contributed by atoms with Crippen LogP contribution in [0.1, 0.15) is 20.3 Å². The van der Waals surface area contributed by atoms with Gasteiger partial charge in [0.15, 0.2) is 0 Å². The molecule has 64 valence electrons. The van der Waals surface area contributed by atoms with Gasteiger partial charge in [-0.25, -0.2) is 0 Å². The third kappa shape index (κ3) is 4.79. The minimum absolute atomic E-state index is 0.295. The molecule has 0 aromatic carbocycles. The van der Waals surface area contributed by atoms with Gasteiger partial charge in [0.25, 0.3) is 0 Å². The summed E-state index contributed by atoms with van der Waals surface area (Å²) in [6, 6.07) is 0. The van der Waals surface area contributed by atoms with Crippen molar-refractivity contribution in [3.05, 3.63) is 0 Å². The Balaban J connectivity index is 3.73. The maximum Gasteiger partial charge on any atom is 0.316 e. The van der Waals surface area contributed by atoms with Gasteiger partial charge in [-0.05, 0) is 6.42 Å². The molecule has 1 unspecified atom stereocenters. The van der Waals surface area contributed by atoms with E-state index in [1.807, 2.05) is 0 Å². The van der Waals surface area contributed by atoms with Crippen LogP contribution < -0.4 is 0 Å². The minimum Gasteiger partial charge on any atom is -0.393 e. The summed E-state index contributed by atoms with van der Waals surface area (Å²) in [7, 11) is 0. The van der Waals surface area contributed by atoms with E-state index < -0.39 is 11.9 Å². The zero-order chi connectivity index (χ0) is 8.85. The highest BCUT2D eigenvalue weighted by Gasteiger charge is 2.14. The number of halogens is 1. The Bertz CT molecular complexity index is 156. The molecule has 0 fully saturated rings. The van der Waals surface area contributed by atoms with Crippen molar-refractivity contribution >= 4 is 23.5 Å². The maximum atomic E-state index is 10.8. The number of hydrogen-bond donors (Lipinski definition) is 0. The summed E-state index contributed by atoms with van der Waals surface area (Å²) in [4.78, 5) is 21.1. The number of alkyl halides is 1. The molecule has 0 aromatic rings. The molecule has 1 atom stereocenters. The smallest absolute Gasteiger partial charge is 0.316 e. The van der Waals surface area contributed by atoms with Crippen LogP contribution in [-0.2, 0) is 14.3 Å². The van der Waals surface area contributed by atoms with Gasteiger partial charge in [0.2, 0.25) is 0 Å². The second kappa shape index (κ2) is 5.13. The van der Waals surface area contributed by atoms with E-state index in [1.165, 1.54) is 6.92 Å². The maximum absolute atomic E-state index is 10.8. The number of carbonyl (C=O) groups excluding carboxylic acids is 2. The number of ether oxygens (including phenoxy) is 1. The van der Waals surface area contributed by atoms with Crippen LogP contribution in [0.15, 0.2) is 0 Å². The van der Waals surface area contributed by atoms with Crippen molar-refractivity contribution in [2.75, 3.05) is 5.88 Å². The van der Waals surface area contributed by atoms with Crippen LogP contribution in [0.2, 0.25) is 0 Å². The monoisotopic (exact) mass is 178 g/mol. The van der Waals surface area contributed by atoms with Crippen molar-refractivity contribution < 1.29 is 14.3 Å². The molecule has 0 spiro atoms. The third-order valence-electron chi connectivity index (χ3n) is 1.19. The largest absolute Gasteiger partial charge is 0.393 e. The van der Waals surface area contributed by atoms with Gasteiger partial charge in [-0.3, -0.25) is 9.59 Å². The first kappa shape index (κ1) is 10.4. The molecule has 0 saturated heterocycles. The van der Waals surface area contributed by atoms with E-state index in [1.54, 1.807) is 6.92 Å². The molecule has 0 rings (SSSR count). The molecule has 0 bridgehead atoms. The topological polar surface area (TPSA) is 43.4 Å². The number of carbonyl (C=O) groups is 2. The molecular weight excluding hydrogens is 168 g/mol. The van der Waals surface area contributed by atoms with Crippen molar-refractivity contribution in [3.63, 3.8) is 0 Å². The van der Waals surface area contributed by atoms with E-state index in [0.717, 1.165) is 0 Å². The molecular formula is C7H11ClO3. The summed E-state index contributed by atoms with van der Waals surface area (Å²) in [6.45, 7) is 2.87. The Morgan fingerprint density at radius 3 is 2.45 bits per heavy atom. The molecule has 0 saturated carbocycles. The predicted octanol–water partition coefficient (Wildman–Crippen LogP) is 1.34. The van der Waals surface area contributed by atoms with Crippen LogP contribution >= 0.6 is 11.6 Å². The minimum atomic E-state index is -0.573. The summed E-state index contributed by atoms with van der Waals surface area (Å²) in [5.74, 6) is -0.972. The molecule has 0 aliphatic carbocycles. The summed E-state index contributed by atoms with van der Waals surface area (Å²) in [5, 5.41) is 0. The lowest BCUT2D eigenvalue weighted by atomic mass is 10.1. The van der Waals surface area contributed by atoms with Crippen LogP contribution in [0.25, 0.3) is 0 Å². The van der Waals surface area contributed by atoms with Crippen LogP contribution in [0.4, 0.5) is 0 Å². The molecule has 0 amide bonds. The molecule has 3 nitrogen and oxygen atoms in total. The van der Waals surface area contributed by atoms with Crippen molar-refractivity contribution in [2.45, 2.75) is 20.3 Å². The van der Waals surface area contributed by atoms with Crippen molar-refractivity contribution in [1.82, 2.24) is 0 Å². The van der Waals surface area contributed by atoms with Crippen molar-refractivity contribution in [3.8, 4) is 0 Å². The van der Waals surface area contributed by atoms with Crippen LogP contribution in [0.5, 0.6) is 0 Å². The SMILES string of the molecule is CC(=O)OC(=O)C(C)CCCl. The van der Waals surface area contributed by atoms with E-state index in [4.69, 9.17) is 11.6 Å². The molecule has 11 heavy (non-hydrogen) atoms. The van der Waals surface area contributed by atoms with Gasteiger partial charge in [-0.2, -0.15) is 0 Å². The zero-order valence-electron chi connectivity index (χ0n) is 6.59. The number of esters is 2. The Labute approximate surface area is 70.7 Å². The van der Waals surface area contributed by atoms with E-state index in [2.05, 4.69) is 4.74 Å². The summed E-state index contributed by atoms with van der Waals surface area (Å²) in [6.07, 6.45) is 0.535. The lowest BCUT2D eigenvalue weighted by Gasteiger charge is -2.05. The van der Waals surface area contributed by atoms with Crippen LogP contribution in [0.3, 0.4) is 0 Å².